The highest BCUT2D eigenvalue weighted by molar-refractivity contribution is 6.10. The molecule has 0 fully saturated rings. The zero-order chi connectivity index (χ0) is 13.3. The van der Waals surface area contributed by atoms with Crippen molar-refractivity contribution in [1.82, 2.24) is 4.98 Å². The number of benzene rings is 1. The van der Waals surface area contributed by atoms with Gasteiger partial charge in [-0.25, -0.2) is 0 Å². The Balaban J connectivity index is 2.21. The Bertz CT molecular complexity index is 580. The van der Waals surface area contributed by atoms with E-state index in [2.05, 4.69) is 4.98 Å². The van der Waals surface area contributed by atoms with E-state index in [1.54, 1.807) is 24.3 Å². The molecule has 0 amide bonds. The van der Waals surface area contributed by atoms with Crippen LogP contribution in [0.15, 0.2) is 30.3 Å². The van der Waals surface area contributed by atoms with E-state index >= 15 is 0 Å². The van der Waals surface area contributed by atoms with Gasteiger partial charge in [-0.15, -0.1) is 0 Å². The van der Waals surface area contributed by atoms with E-state index in [1.807, 2.05) is 0 Å². The van der Waals surface area contributed by atoms with Crippen molar-refractivity contribution >= 4 is 22.5 Å². The summed E-state index contributed by atoms with van der Waals surface area (Å²) in [6.07, 6.45) is -6.14. The van der Waals surface area contributed by atoms with E-state index in [1.165, 1.54) is 6.07 Å². The number of aromatic nitrogens is 1. The van der Waals surface area contributed by atoms with Gasteiger partial charge >= 0.3 is 6.18 Å². The molecule has 94 valence electrons. The number of ketones is 2. The number of Topliss-reactive ketones (excluding diaryl/α,β-unsaturated/α-hetero) is 2. The van der Waals surface area contributed by atoms with Crippen molar-refractivity contribution in [1.29, 1.82) is 0 Å². The quantitative estimate of drug-likeness (QED) is 0.677. The molecule has 0 aliphatic rings. The van der Waals surface area contributed by atoms with Gasteiger partial charge in [-0.3, -0.25) is 9.59 Å². The molecule has 2 rings (SSSR count). The zero-order valence-electron chi connectivity index (χ0n) is 9.04. The largest absolute Gasteiger partial charge is 0.450 e. The predicted octanol–water partition coefficient (Wildman–Crippen LogP) is 2.87. The molecule has 0 unspecified atom stereocenters. The van der Waals surface area contributed by atoms with E-state index < -0.39 is 24.2 Å². The van der Waals surface area contributed by atoms with E-state index in [0.29, 0.717) is 10.9 Å². The van der Waals surface area contributed by atoms with Gasteiger partial charge in [-0.2, -0.15) is 13.2 Å². The van der Waals surface area contributed by atoms with Gasteiger partial charge in [0.05, 0.1) is 12.1 Å². The number of halogens is 3. The second-order valence-corrected chi connectivity index (χ2v) is 3.79. The molecule has 0 aliphatic carbocycles. The highest BCUT2D eigenvalue weighted by Gasteiger charge is 2.39. The van der Waals surface area contributed by atoms with Crippen LogP contribution in [0.25, 0.3) is 10.9 Å². The third-order valence-corrected chi connectivity index (χ3v) is 2.47. The van der Waals surface area contributed by atoms with Crippen LogP contribution in [0, 0.1) is 0 Å². The second kappa shape index (κ2) is 4.29. The Hall–Kier alpha value is -2.11. The van der Waals surface area contributed by atoms with Crippen molar-refractivity contribution in [2.45, 2.75) is 12.6 Å². The summed E-state index contributed by atoms with van der Waals surface area (Å²) in [6, 6.07) is 8.31. The van der Waals surface area contributed by atoms with Crippen molar-refractivity contribution in [3.05, 3.63) is 36.0 Å². The van der Waals surface area contributed by atoms with Gasteiger partial charge < -0.3 is 4.98 Å². The number of fused-ring (bicyclic) bond motifs is 1. The summed E-state index contributed by atoms with van der Waals surface area (Å²) in [6.45, 7) is 0. The first-order valence-corrected chi connectivity index (χ1v) is 5.09. The van der Waals surface area contributed by atoms with Gasteiger partial charge in [0.25, 0.3) is 0 Å². The van der Waals surface area contributed by atoms with Crippen LogP contribution in [0.2, 0.25) is 0 Å². The number of para-hydroxylation sites is 1. The number of hydrogen-bond acceptors (Lipinski definition) is 2. The molecule has 0 aliphatic heterocycles. The lowest BCUT2D eigenvalue weighted by molar-refractivity contribution is -0.170. The molecule has 0 bridgehead atoms. The molecule has 6 heteroatoms. The van der Waals surface area contributed by atoms with E-state index in [-0.39, 0.29) is 5.69 Å². The number of nitrogens with one attached hydrogen (secondary N) is 1. The summed E-state index contributed by atoms with van der Waals surface area (Å²) >= 11 is 0. The van der Waals surface area contributed by atoms with Crippen LogP contribution in [0.4, 0.5) is 13.2 Å². The first-order chi connectivity index (χ1) is 8.38. The lowest BCUT2D eigenvalue weighted by Crippen LogP contribution is -2.25. The monoisotopic (exact) mass is 255 g/mol. The average Bonchev–Trinajstić information content (AvgIpc) is 2.71. The van der Waals surface area contributed by atoms with Gasteiger partial charge in [-0.05, 0) is 12.1 Å². The molecule has 0 saturated carbocycles. The lowest BCUT2D eigenvalue weighted by atomic mass is 10.1. The molecule has 0 spiro atoms. The predicted molar refractivity (Wildman–Crippen MR) is 58.3 cm³/mol. The first-order valence-electron chi connectivity index (χ1n) is 5.09. The van der Waals surface area contributed by atoms with Gasteiger partial charge in [-0.1, -0.05) is 18.2 Å². The topological polar surface area (TPSA) is 49.9 Å². The molecule has 3 nitrogen and oxygen atoms in total. The number of H-pyrrole nitrogens is 1. The zero-order valence-corrected chi connectivity index (χ0v) is 9.04. The highest BCUT2D eigenvalue weighted by atomic mass is 19.4. The Morgan fingerprint density at radius 2 is 1.83 bits per heavy atom. The molecule has 0 saturated heterocycles. The van der Waals surface area contributed by atoms with Crippen LogP contribution < -0.4 is 0 Å². The minimum absolute atomic E-state index is 0.00815. The second-order valence-electron chi connectivity index (χ2n) is 3.79. The van der Waals surface area contributed by atoms with Crippen LogP contribution in [-0.2, 0) is 4.79 Å². The third-order valence-electron chi connectivity index (χ3n) is 2.47. The summed E-state index contributed by atoms with van der Waals surface area (Å²) < 4.78 is 36.1. The van der Waals surface area contributed by atoms with E-state index in [4.69, 9.17) is 0 Å². The van der Waals surface area contributed by atoms with Crippen LogP contribution in [0.1, 0.15) is 16.9 Å². The molecular formula is C12H8F3NO2. The van der Waals surface area contributed by atoms with Crippen molar-refractivity contribution in [2.24, 2.45) is 0 Å². The highest BCUT2D eigenvalue weighted by Crippen LogP contribution is 2.20. The summed E-state index contributed by atoms with van der Waals surface area (Å²) in [5.41, 5.74) is 0.647. The van der Waals surface area contributed by atoms with Crippen molar-refractivity contribution in [2.75, 3.05) is 0 Å². The molecule has 1 aromatic carbocycles. The Morgan fingerprint density at radius 3 is 2.44 bits per heavy atom. The molecule has 0 atom stereocenters. The van der Waals surface area contributed by atoms with Crippen LogP contribution in [0.5, 0.6) is 0 Å². The fourth-order valence-electron chi connectivity index (χ4n) is 1.56. The van der Waals surface area contributed by atoms with Gasteiger partial charge in [0.1, 0.15) is 0 Å². The maximum absolute atomic E-state index is 12.0. The van der Waals surface area contributed by atoms with Crippen LogP contribution in [0.3, 0.4) is 0 Å². The number of alkyl halides is 3. The van der Waals surface area contributed by atoms with Crippen molar-refractivity contribution < 1.29 is 22.8 Å². The summed E-state index contributed by atoms with van der Waals surface area (Å²) in [4.78, 5) is 24.9. The fraction of sp³-hybridized carbons (Fsp3) is 0.167. The third kappa shape index (κ3) is 2.42. The number of carbonyl (C=O) groups is 2. The number of hydrogen-bond donors (Lipinski definition) is 1. The molecule has 1 heterocycles. The van der Waals surface area contributed by atoms with Crippen molar-refractivity contribution in [3.63, 3.8) is 0 Å². The normalized spacial score (nSPS) is 11.7. The minimum Gasteiger partial charge on any atom is -0.352 e. The Morgan fingerprint density at radius 1 is 1.17 bits per heavy atom. The molecular weight excluding hydrogens is 247 g/mol. The van der Waals surface area contributed by atoms with E-state index in [9.17, 15) is 22.8 Å². The summed E-state index contributed by atoms with van der Waals surface area (Å²) in [7, 11) is 0. The van der Waals surface area contributed by atoms with Gasteiger partial charge in [0.15, 0.2) is 5.78 Å². The molecule has 18 heavy (non-hydrogen) atoms. The number of aromatic amines is 1. The maximum atomic E-state index is 12.0. The van der Waals surface area contributed by atoms with Crippen LogP contribution >= 0.6 is 0 Å². The lowest BCUT2D eigenvalue weighted by Gasteiger charge is -2.02. The number of rotatable bonds is 3. The standard InChI is InChI=1S/C12H8F3NO2/c13-12(14,15)11(18)6-10(17)9-5-7-3-1-2-4-8(7)16-9/h1-5,16H,6H2. The van der Waals surface area contributed by atoms with Crippen molar-refractivity contribution in [3.8, 4) is 0 Å². The number of carbonyl (C=O) groups excluding carboxylic acids is 2. The maximum Gasteiger partial charge on any atom is 0.450 e. The SMILES string of the molecule is O=C(CC(=O)C(F)(F)F)c1cc2ccccc2[nH]1. The molecule has 1 N–H and O–H groups in total. The molecule has 2 aromatic rings. The van der Waals surface area contributed by atoms with Gasteiger partial charge in [0.2, 0.25) is 5.78 Å². The minimum atomic E-state index is -4.97. The summed E-state index contributed by atoms with van der Waals surface area (Å²) in [5, 5.41) is 0.709. The Kier molecular flexibility index (Phi) is 2.94. The smallest absolute Gasteiger partial charge is 0.352 e. The Labute approximate surface area is 99.6 Å². The molecule has 0 radical (unpaired) electrons. The average molecular weight is 255 g/mol. The first kappa shape index (κ1) is 12.3. The molecule has 1 aromatic heterocycles. The van der Waals surface area contributed by atoms with E-state index in [0.717, 1.165) is 0 Å². The fourth-order valence-corrected chi connectivity index (χ4v) is 1.56. The summed E-state index contributed by atoms with van der Waals surface area (Å²) in [5.74, 6) is -2.90. The van der Waals surface area contributed by atoms with Gasteiger partial charge in [0, 0.05) is 10.9 Å². The van der Waals surface area contributed by atoms with Crippen LogP contribution in [-0.4, -0.2) is 22.7 Å².